The van der Waals surface area contributed by atoms with Crippen LogP contribution in [0.3, 0.4) is 0 Å². The van der Waals surface area contributed by atoms with Crippen LogP contribution in [0.1, 0.15) is 29.0 Å². The summed E-state index contributed by atoms with van der Waals surface area (Å²) in [5.74, 6) is -1.12. The van der Waals surface area contributed by atoms with Crippen molar-refractivity contribution in [3.63, 3.8) is 0 Å². The van der Waals surface area contributed by atoms with Gasteiger partial charge in [0.2, 0.25) is 5.76 Å². The average molecular weight is 389 g/mol. The van der Waals surface area contributed by atoms with Gasteiger partial charge in [0.25, 0.3) is 5.91 Å². The molecule has 0 bridgehead atoms. The van der Waals surface area contributed by atoms with Crippen molar-refractivity contribution in [2.24, 2.45) is 0 Å². The van der Waals surface area contributed by atoms with Crippen molar-refractivity contribution in [1.29, 1.82) is 10.5 Å². The zero-order valence-electron chi connectivity index (χ0n) is 16.0. The molecule has 3 aromatic rings. The van der Waals surface area contributed by atoms with E-state index in [0.717, 1.165) is 16.2 Å². The van der Waals surface area contributed by atoms with Gasteiger partial charge in [0.1, 0.15) is 5.58 Å². The van der Waals surface area contributed by atoms with Crippen LogP contribution in [-0.4, -0.2) is 36.5 Å². The zero-order chi connectivity index (χ0) is 20.8. The lowest BCUT2D eigenvalue weighted by atomic mass is 10.1. The van der Waals surface area contributed by atoms with Crippen molar-refractivity contribution in [2.75, 3.05) is 19.7 Å². The molecule has 7 heteroatoms. The van der Waals surface area contributed by atoms with Gasteiger partial charge in [-0.3, -0.25) is 4.79 Å². The van der Waals surface area contributed by atoms with Crippen molar-refractivity contribution >= 4 is 33.6 Å². The van der Waals surface area contributed by atoms with Crippen LogP contribution in [0.5, 0.6) is 0 Å². The van der Waals surface area contributed by atoms with Crippen molar-refractivity contribution in [1.82, 2.24) is 4.90 Å². The van der Waals surface area contributed by atoms with Crippen LogP contribution in [-0.2, 0) is 9.53 Å². The summed E-state index contributed by atoms with van der Waals surface area (Å²) < 4.78 is 11.0. The van der Waals surface area contributed by atoms with Gasteiger partial charge in [-0.2, -0.15) is 10.5 Å². The first-order chi connectivity index (χ1) is 14.1. The van der Waals surface area contributed by atoms with Crippen molar-refractivity contribution in [3.8, 4) is 12.1 Å². The summed E-state index contributed by atoms with van der Waals surface area (Å²) in [5, 5.41) is 20.1. The Labute approximate surface area is 167 Å². The van der Waals surface area contributed by atoms with Gasteiger partial charge in [0, 0.05) is 29.4 Å². The molecule has 0 unspecified atom stereocenters. The van der Waals surface area contributed by atoms with Crippen molar-refractivity contribution in [2.45, 2.75) is 19.8 Å². The summed E-state index contributed by atoms with van der Waals surface area (Å²) in [6.45, 7) is 1.66. The van der Waals surface area contributed by atoms with Crippen LogP contribution in [0, 0.1) is 29.6 Å². The van der Waals surface area contributed by atoms with E-state index in [2.05, 4.69) is 0 Å². The summed E-state index contributed by atoms with van der Waals surface area (Å²) in [5.41, 5.74) is 1.25. The largest absolute Gasteiger partial charge is 0.450 e. The predicted octanol–water partition coefficient (Wildman–Crippen LogP) is 3.71. The fourth-order valence-corrected chi connectivity index (χ4v) is 3.16. The number of carbonyl (C=O) groups is 2. The highest BCUT2D eigenvalue weighted by atomic mass is 16.5. The number of nitriles is 2. The second kappa shape index (κ2) is 8.90. The highest BCUT2D eigenvalue weighted by Crippen LogP contribution is 2.32. The molecule has 1 aromatic heterocycles. The third-order valence-electron chi connectivity index (χ3n) is 4.68. The fourth-order valence-electron chi connectivity index (χ4n) is 3.16. The number of furan rings is 1. The van der Waals surface area contributed by atoms with Gasteiger partial charge in [0.15, 0.2) is 6.61 Å². The minimum Gasteiger partial charge on any atom is -0.450 e. The maximum atomic E-state index is 12.5. The number of amides is 1. The van der Waals surface area contributed by atoms with E-state index in [4.69, 9.17) is 19.7 Å². The van der Waals surface area contributed by atoms with E-state index in [1.807, 2.05) is 48.5 Å². The molecule has 3 rings (SSSR count). The Hall–Kier alpha value is -3.84. The molecule has 0 fully saturated rings. The van der Waals surface area contributed by atoms with E-state index in [0.29, 0.717) is 11.1 Å². The Morgan fingerprint density at radius 3 is 2.41 bits per heavy atom. The number of carbonyl (C=O) groups excluding carboxylic acids is 2. The highest BCUT2D eigenvalue weighted by Gasteiger charge is 2.22. The molecule has 29 heavy (non-hydrogen) atoms. The molecule has 0 saturated carbocycles. The maximum Gasteiger partial charge on any atom is 0.375 e. The Balaban J connectivity index is 1.76. The Kier molecular flexibility index (Phi) is 6.11. The first-order valence-corrected chi connectivity index (χ1v) is 9.16. The van der Waals surface area contributed by atoms with E-state index >= 15 is 0 Å². The van der Waals surface area contributed by atoms with E-state index in [1.54, 1.807) is 6.92 Å². The van der Waals surface area contributed by atoms with E-state index in [9.17, 15) is 9.59 Å². The Morgan fingerprint density at radius 2 is 1.72 bits per heavy atom. The molecule has 1 amide bonds. The first kappa shape index (κ1) is 19.9. The first-order valence-electron chi connectivity index (χ1n) is 9.16. The standard InChI is InChI=1S/C22H19N3O4/c1-15-17-9-8-16-6-2-3-7-18(16)21(17)29-20(15)22(27)28-14-19(26)25(12-4-10-23)13-5-11-24/h2-3,6-9H,4-5,12-14H2,1H3. The Bertz CT molecular complexity index is 1130. The number of ether oxygens (including phenoxy) is 1. The van der Waals surface area contributed by atoms with Crippen LogP contribution < -0.4 is 0 Å². The summed E-state index contributed by atoms with van der Waals surface area (Å²) in [6.07, 6.45) is 0.280. The SMILES string of the molecule is Cc1c(C(=O)OCC(=O)N(CCC#N)CCC#N)oc2c1ccc1ccccc12. The van der Waals surface area contributed by atoms with Crippen LogP contribution in [0.25, 0.3) is 21.7 Å². The highest BCUT2D eigenvalue weighted by molar-refractivity contribution is 6.08. The molecule has 1 heterocycles. The van der Waals surface area contributed by atoms with E-state index in [1.165, 1.54) is 4.90 Å². The van der Waals surface area contributed by atoms with Crippen LogP contribution in [0.15, 0.2) is 40.8 Å². The molecule has 0 radical (unpaired) electrons. The minimum atomic E-state index is -0.725. The third-order valence-corrected chi connectivity index (χ3v) is 4.68. The zero-order valence-corrected chi connectivity index (χ0v) is 16.0. The number of fused-ring (bicyclic) bond motifs is 3. The number of benzene rings is 2. The van der Waals surface area contributed by atoms with Gasteiger partial charge in [-0.1, -0.05) is 36.4 Å². The van der Waals surface area contributed by atoms with Crippen molar-refractivity contribution < 1.29 is 18.7 Å². The molecular weight excluding hydrogens is 370 g/mol. The smallest absolute Gasteiger partial charge is 0.375 e. The number of hydrogen-bond donors (Lipinski definition) is 0. The van der Waals surface area contributed by atoms with Crippen LogP contribution in [0.2, 0.25) is 0 Å². The summed E-state index contributed by atoms with van der Waals surface area (Å²) in [7, 11) is 0. The topological polar surface area (TPSA) is 107 Å². The monoisotopic (exact) mass is 389 g/mol. The number of hydrogen-bond acceptors (Lipinski definition) is 6. The van der Waals surface area contributed by atoms with Crippen LogP contribution >= 0.6 is 0 Å². The predicted molar refractivity (Wildman–Crippen MR) is 106 cm³/mol. The molecule has 0 N–H and O–H groups in total. The molecule has 0 saturated heterocycles. The van der Waals surface area contributed by atoms with Gasteiger partial charge in [0.05, 0.1) is 25.0 Å². The second-order valence-corrected chi connectivity index (χ2v) is 6.49. The lowest BCUT2D eigenvalue weighted by molar-refractivity contribution is -0.134. The van der Waals surface area contributed by atoms with E-state index < -0.39 is 18.5 Å². The molecule has 0 aliphatic rings. The van der Waals surface area contributed by atoms with Gasteiger partial charge in [-0.15, -0.1) is 0 Å². The van der Waals surface area contributed by atoms with Crippen LogP contribution in [0.4, 0.5) is 0 Å². The number of aryl methyl sites for hydroxylation is 1. The lowest BCUT2D eigenvalue weighted by Crippen LogP contribution is -2.36. The van der Waals surface area contributed by atoms with Gasteiger partial charge in [-0.05, 0) is 12.3 Å². The molecule has 0 aliphatic heterocycles. The summed E-state index contributed by atoms with van der Waals surface area (Å²) in [4.78, 5) is 26.2. The molecule has 7 nitrogen and oxygen atoms in total. The molecular formula is C22H19N3O4. The second-order valence-electron chi connectivity index (χ2n) is 6.49. The minimum absolute atomic E-state index is 0.0600. The number of rotatable bonds is 7. The molecule has 2 aromatic carbocycles. The maximum absolute atomic E-state index is 12.5. The fraction of sp³-hybridized carbons (Fsp3) is 0.273. The van der Waals surface area contributed by atoms with Gasteiger partial charge < -0.3 is 14.1 Å². The number of nitrogens with zero attached hydrogens (tertiary/aromatic N) is 3. The summed E-state index contributed by atoms with van der Waals surface area (Å²) >= 11 is 0. The number of esters is 1. The average Bonchev–Trinajstić information content (AvgIpc) is 3.09. The molecule has 146 valence electrons. The Morgan fingerprint density at radius 1 is 1.03 bits per heavy atom. The van der Waals surface area contributed by atoms with E-state index in [-0.39, 0.29) is 31.7 Å². The summed E-state index contributed by atoms with van der Waals surface area (Å²) in [6, 6.07) is 15.5. The molecule has 0 spiro atoms. The normalized spacial score (nSPS) is 10.4. The molecule has 0 atom stereocenters. The lowest BCUT2D eigenvalue weighted by Gasteiger charge is -2.19. The third kappa shape index (κ3) is 4.20. The van der Waals surface area contributed by atoms with Gasteiger partial charge >= 0.3 is 5.97 Å². The molecule has 0 aliphatic carbocycles. The van der Waals surface area contributed by atoms with Gasteiger partial charge in [-0.25, -0.2) is 4.79 Å². The van der Waals surface area contributed by atoms with Crippen molar-refractivity contribution in [3.05, 3.63) is 47.7 Å². The quantitative estimate of drug-likeness (QED) is 0.570.